The molecule has 1 aliphatic carbocycles. The van der Waals surface area contributed by atoms with Crippen molar-refractivity contribution in [3.8, 4) is 0 Å². The van der Waals surface area contributed by atoms with Crippen LogP contribution in [0.3, 0.4) is 0 Å². The largest absolute Gasteiger partial charge is 0.206 e. The number of halogens is 1. The first kappa shape index (κ1) is 23.5. The van der Waals surface area contributed by atoms with Crippen molar-refractivity contribution < 1.29 is 4.39 Å². The lowest BCUT2D eigenvalue weighted by Gasteiger charge is -2.28. The van der Waals surface area contributed by atoms with Crippen LogP contribution in [0.1, 0.15) is 92.0 Å². The van der Waals surface area contributed by atoms with Gasteiger partial charge in [0, 0.05) is 5.56 Å². The average molecular weight is 441 g/mol. The molecular weight excluding hydrogens is 403 g/mol. The molecule has 33 heavy (non-hydrogen) atoms. The van der Waals surface area contributed by atoms with Gasteiger partial charge in [-0.15, -0.1) is 0 Å². The van der Waals surface area contributed by atoms with Crippen molar-refractivity contribution in [2.45, 2.75) is 70.6 Å². The second kappa shape index (κ2) is 11.5. The predicted molar refractivity (Wildman–Crippen MR) is 140 cm³/mol. The highest BCUT2D eigenvalue weighted by Gasteiger charge is 2.21. The van der Waals surface area contributed by atoms with E-state index < -0.39 is 0 Å². The van der Waals surface area contributed by atoms with E-state index in [0.29, 0.717) is 17.4 Å². The van der Waals surface area contributed by atoms with Crippen LogP contribution in [-0.4, -0.2) is 0 Å². The highest BCUT2D eigenvalue weighted by atomic mass is 19.1. The summed E-state index contributed by atoms with van der Waals surface area (Å²) in [5.74, 6) is 1.87. The molecule has 0 radical (unpaired) electrons. The van der Waals surface area contributed by atoms with Crippen molar-refractivity contribution in [1.29, 1.82) is 0 Å². The number of hydrogen-bond acceptors (Lipinski definition) is 0. The molecule has 0 aromatic heterocycles. The second-order valence-electron chi connectivity index (χ2n) is 9.88. The summed E-state index contributed by atoms with van der Waals surface area (Å²) in [5, 5.41) is 0. The minimum absolute atomic E-state index is 0.149. The Bertz CT molecular complexity index is 1020. The van der Waals surface area contributed by atoms with Gasteiger partial charge < -0.3 is 0 Å². The van der Waals surface area contributed by atoms with E-state index >= 15 is 0 Å². The third kappa shape index (κ3) is 6.44. The highest BCUT2D eigenvalue weighted by Crippen LogP contribution is 2.37. The van der Waals surface area contributed by atoms with Gasteiger partial charge in [0.15, 0.2) is 0 Å². The molecule has 1 atom stereocenters. The molecule has 1 saturated carbocycles. The van der Waals surface area contributed by atoms with Gasteiger partial charge in [-0.05, 0) is 78.2 Å². The van der Waals surface area contributed by atoms with Crippen LogP contribution in [0, 0.1) is 11.7 Å². The van der Waals surface area contributed by atoms with Crippen LogP contribution in [0.4, 0.5) is 4.39 Å². The summed E-state index contributed by atoms with van der Waals surface area (Å²) in [5.41, 5.74) is 5.56. The van der Waals surface area contributed by atoms with Gasteiger partial charge in [0.1, 0.15) is 5.82 Å². The van der Waals surface area contributed by atoms with Gasteiger partial charge in [0.2, 0.25) is 0 Å². The van der Waals surface area contributed by atoms with Crippen LogP contribution < -0.4 is 0 Å². The van der Waals surface area contributed by atoms with Crippen LogP contribution in [0.5, 0.6) is 0 Å². The monoisotopic (exact) mass is 440 g/mol. The summed E-state index contributed by atoms with van der Waals surface area (Å²) in [4.78, 5) is 0. The maximum atomic E-state index is 14.7. The van der Waals surface area contributed by atoms with Gasteiger partial charge in [-0.2, -0.15) is 0 Å². The molecule has 0 heterocycles. The summed E-state index contributed by atoms with van der Waals surface area (Å²) < 4.78 is 14.7. The summed E-state index contributed by atoms with van der Waals surface area (Å²) in [6.07, 6.45) is 12.8. The third-order valence-electron chi connectivity index (χ3n) is 7.38. The molecule has 0 amide bonds. The minimum atomic E-state index is -0.149. The lowest BCUT2D eigenvalue weighted by Crippen LogP contribution is -2.13. The average Bonchev–Trinajstić information content (AvgIpc) is 2.85. The van der Waals surface area contributed by atoms with E-state index in [1.807, 2.05) is 24.3 Å². The zero-order valence-electron chi connectivity index (χ0n) is 20.1. The van der Waals surface area contributed by atoms with Crippen LogP contribution in [0.25, 0.3) is 12.2 Å². The first-order chi connectivity index (χ1) is 16.1. The predicted octanol–water partition coefficient (Wildman–Crippen LogP) is 9.42. The quantitative estimate of drug-likeness (QED) is 0.306. The molecule has 1 aliphatic rings. The van der Waals surface area contributed by atoms with E-state index in [0.717, 1.165) is 23.5 Å². The van der Waals surface area contributed by atoms with E-state index in [1.54, 1.807) is 6.07 Å². The fourth-order valence-corrected chi connectivity index (χ4v) is 5.34. The molecule has 0 N–H and O–H groups in total. The van der Waals surface area contributed by atoms with Gasteiger partial charge >= 0.3 is 0 Å². The van der Waals surface area contributed by atoms with E-state index in [2.05, 4.69) is 68.4 Å². The molecule has 1 heteroatoms. The summed E-state index contributed by atoms with van der Waals surface area (Å²) in [6.45, 7) is 4.49. The molecule has 0 bridgehead atoms. The molecule has 3 aromatic carbocycles. The molecular formula is C32H37F. The Morgan fingerprint density at radius 2 is 1.61 bits per heavy atom. The Kier molecular flexibility index (Phi) is 8.15. The van der Waals surface area contributed by atoms with Crippen LogP contribution in [0.2, 0.25) is 0 Å². The zero-order chi connectivity index (χ0) is 23.0. The Morgan fingerprint density at radius 3 is 2.27 bits per heavy atom. The third-order valence-corrected chi connectivity index (χ3v) is 7.38. The van der Waals surface area contributed by atoms with Crippen molar-refractivity contribution in [3.63, 3.8) is 0 Å². The van der Waals surface area contributed by atoms with E-state index in [1.165, 1.54) is 49.7 Å². The van der Waals surface area contributed by atoms with Crippen molar-refractivity contribution >= 4 is 12.2 Å². The molecule has 0 aliphatic heterocycles. The van der Waals surface area contributed by atoms with E-state index in [-0.39, 0.29) is 5.82 Å². The van der Waals surface area contributed by atoms with Gasteiger partial charge in [-0.25, -0.2) is 4.39 Å². The van der Waals surface area contributed by atoms with E-state index in [4.69, 9.17) is 0 Å². The summed E-state index contributed by atoms with van der Waals surface area (Å²) in [7, 11) is 0. The number of benzene rings is 3. The second-order valence-corrected chi connectivity index (χ2v) is 9.88. The minimum Gasteiger partial charge on any atom is -0.206 e. The Hall–Kier alpha value is -2.67. The maximum absolute atomic E-state index is 14.7. The Morgan fingerprint density at radius 1 is 0.879 bits per heavy atom. The maximum Gasteiger partial charge on any atom is 0.130 e. The summed E-state index contributed by atoms with van der Waals surface area (Å²) in [6, 6.07) is 25.0. The van der Waals surface area contributed by atoms with Gasteiger partial charge in [-0.3, -0.25) is 0 Å². The van der Waals surface area contributed by atoms with Crippen molar-refractivity contribution in [2.75, 3.05) is 0 Å². The fourth-order valence-electron chi connectivity index (χ4n) is 5.34. The Labute approximate surface area is 199 Å². The van der Waals surface area contributed by atoms with Gasteiger partial charge in [0.25, 0.3) is 0 Å². The normalized spacial score (nSPS) is 19.6. The molecule has 0 spiro atoms. The van der Waals surface area contributed by atoms with Crippen LogP contribution >= 0.6 is 0 Å². The standard InChI is InChI=1S/C32H37F/c1-3-7-25-10-16-29(17-11-25)30-18-12-26(13-19-30)14-20-31-21-15-27(23-32(31)33)22-24(2)28-8-5-4-6-9-28/h4-6,8-9,12-15,18-21,23-25,29H,3,7,10-11,16-17,22H2,1-2H3/t24-,25?,29?/m0/s1. The van der Waals surface area contributed by atoms with Crippen molar-refractivity contribution in [2.24, 2.45) is 5.92 Å². The van der Waals surface area contributed by atoms with Gasteiger partial charge in [-0.1, -0.05) is 106 Å². The lowest BCUT2D eigenvalue weighted by atomic mass is 9.77. The SMILES string of the molecule is CCCC1CCC(c2ccc(C=Cc3ccc(C[C@H](C)c4ccccc4)cc3F)cc2)CC1. The van der Waals surface area contributed by atoms with Crippen LogP contribution in [0.15, 0.2) is 72.8 Å². The molecule has 0 nitrogen and oxygen atoms in total. The van der Waals surface area contributed by atoms with Crippen molar-refractivity contribution in [3.05, 3.63) is 106 Å². The molecule has 172 valence electrons. The van der Waals surface area contributed by atoms with Crippen molar-refractivity contribution in [1.82, 2.24) is 0 Å². The van der Waals surface area contributed by atoms with E-state index in [9.17, 15) is 4.39 Å². The fraction of sp³-hybridized carbons (Fsp3) is 0.375. The first-order valence-corrected chi connectivity index (χ1v) is 12.7. The molecule has 0 unspecified atom stereocenters. The number of rotatable bonds is 8. The first-order valence-electron chi connectivity index (χ1n) is 12.7. The molecule has 0 saturated heterocycles. The molecule has 3 aromatic rings. The molecule has 4 rings (SSSR count). The van der Waals surface area contributed by atoms with Crippen LogP contribution in [-0.2, 0) is 6.42 Å². The molecule has 1 fully saturated rings. The Balaban J connectivity index is 1.35. The lowest BCUT2D eigenvalue weighted by molar-refractivity contribution is 0.308. The van der Waals surface area contributed by atoms with Gasteiger partial charge in [0.05, 0.1) is 0 Å². The smallest absolute Gasteiger partial charge is 0.130 e. The highest BCUT2D eigenvalue weighted by molar-refractivity contribution is 5.70. The zero-order valence-corrected chi connectivity index (χ0v) is 20.1. The number of hydrogen-bond donors (Lipinski definition) is 0. The topological polar surface area (TPSA) is 0 Å². The summed E-state index contributed by atoms with van der Waals surface area (Å²) >= 11 is 0.